The van der Waals surface area contributed by atoms with Crippen molar-refractivity contribution in [3.63, 3.8) is 0 Å². The number of pyridine rings is 1. The van der Waals surface area contributed by atoms with Crippen molar-refractivity contribution in [1.29, 1.82) is 0 Å². The summed E-state index contributed by atoms with van der Waals surface area (Å²) in [6, 6.07) is 12.1. The van der Waals surface area contributed by atoms with Crippen LogP contribution in [0.2, 0.25) is 0 Å². The van der Waals surface area contributed by atoms with Gasteiger partial charge in [0.15, 0.2) is 0 Å². The number of hydrogen-bond acceptors (Lipinski definition) is 4. The first kappa shape index (κ1) is 28.8. The number of carbonyl (C=O) groups excluding carboxylic acids is 1. The molecule has 0 aliphatic carbocycles. The molecule has 0 aliphatic rings. The Morgan fingerprint density at radius 2 is 1.55 bits per heavy atom. The van der Waals surface area contributed by atoms with Crippen LogP contribution in [-0.4, -0.2) is 21.8 Å². The van der Waals surface area contributed by atoms with Gasteiger partial charge in [0, 0.05) is 29.6 Å². The summed E-state index contributed by atoms with van der Waals surface area (Å²) in [4.78, 5) is 27.1. The molecule has 204 valence electrons. The number of nitrogens with zero attached hydrogens (tertiary/aromatic N) is 1. The number of benzene rings is 2. The predicted octanol–water partition coefficient (Wildman–Crippen LogP) is 7.70. The topological polar surface area (TPSA) is 92.6 Å². The maximum Gasteiger partial charge on any atom is 0.323 e. The Morgan fingerprint density at radius 3 is 2.13 bits per heavy atom. The third-order valence-electron chi connectivity index (χ3n) is 6.38. The number of aromatic hydroxyl groups is 1. The fourth-order valence-electron chi connectivity index (χ4n) is 4.46. The maximum atomic E-state index is 13.6. The van der Waals surface area contributed by atoms with E-state index in [1.165, 1.54) is 0 Å². The molecule has 38 heavy (non-hydrogen) atoms. The number of unbranched alkanes of at least 4 members (excludes halogenated alkanes) is 1. The summed E-state index contributed by atoms with van der Waals surface area (Å²) >= 11 is 0. The molecule has 1 aromatic heterocycles. The molecule has 0 saturated heterocycles. The number of urea groups is 1. The van der Waals surface area contributed by atoms with Crippen molar-refractivity contribution in [3.8, 4) is 22.6 Å². The van der Waals surface area contributed by atoms with Gasteiger partial charge >= 0.3 is 6.03 Å². The van der Waals surface area contributed by atoms with E-state index in [9.17, 15) is 14.7 Å². The third kappa shape index (κ3) is 6.77. The van der Waals surface area contributed by atoms with Crippen LogP contribution in [0.4, 0.5) is 16.2 Å². The van der Waals surface area contributed by atoms with E-state index < -0.39 is 6.03 Å². The van der Waals surface area contributed by atoms with E-state index in [0.29, 0.717) is 23.4 Å². The minimum atomic E-state index is -0.502. The van der Waals surface area contributed by atoms with Crippen molar-refractivity contribution in [2.75, 3.05) is 10.6 Å². The number of carbonyl (C=O) groups is 1. The monoisotopic (exact) mass is 519 g/mol. The maximum absolute atomic E-state index is 13.6. The van der Waals surface area contributed by atoms with E-state index in [-0.39, 0.29) is 34.9 Å². The zero-order valence-electron chi connectivity index (χ0n) is 23.6. The average molecular weight is 520 g/mol. The molecule has 0 unspecified atom stereocenters. The molecule has 7 heteroatoms. The molecule has 0 fully saturated rings. The predicted molar refractivity (Wildman–Crippen MR) is 156 cm³/mol. The van der Waals surface area contributed by atoms with Crippen LogP contribution in [0.1, 0.15) is 84.3 Å². The zero-order chi connectivity index (χ0) is 28.0. The van der Waals surface area contributed by atoms with Gasteiger partial charge < -0.3 is 25.0 Å². The number of nitrogens with one attached hydrogen (secondary N) is 2. The second kappa shape index (κ2) is 12.7. The largest absolute Gasteiger partial charge is 0.508 e. The molecule has 0 aliphatic heterocycles. The fourth-order valence-corrected chi connectivity index (χ4v) is 4.46. The van der Waals surface area contributed by atoms with Crippen LogP contribution >= 0.6 is 0 Å². The third-order valence-corrected chi connectivity index (χ3v) is 6.38. The van der Waals surface area contributed by atoms with Gasteiger partial charge in [0.1, 0.15) is 17.2 Å². The van der Waals surface area contributed by atoms with Gasteiger partial charge in [-0.1, -0.05) is 59.2 Å². The molecule has 0 spiro atoms. The van der Waals surface area contributed by atoms with Gasteiger partial charge in [0.2, 0.25) is 0 Å². The van der Waals surface area contributed by atoms with Crippen molar-refractivity contribution in [1.82, 2.24) is 4.57 Å². The highest BCUT2D eigenvalue weighted by molar-refractivity contribution is 6.03. The van der Waals surface area contributed by atoms with E-state index in [1.807, 2.05) is 32.0 Å². The Kier molecular flexibility index (Phi) is 9.61. The van der Waals surface area contributed by atoms with E-state index in [1.54, 1.807) is 35.0 Å². The Bertz CT molecular complexity index is 1300. The number of para-hydroxylation sites is 1. The number of phenols is 1. The Morgan fingerprint density at radius 1 is 0.921 bits per heavy atom. The van der Waals surface area contributed by atoms with Gasteiger partial charge in [-0.05, 0) is 67.5 Å². The molecule has 0 radical (unpaired) electrons. The lowest BCUT2D eigenvalue weighted by Crippen LogP contribution is -2.29. The molecular weight excluding hydrogens is 478 g/mol. The van der Waals surface area contributed by atoms with Crippen molar-refractivity contribution in [3.05, 3.63) is 70.1 Å². The molecule has 2 aromatic carbocycles. The van der Waals surface area contributed by atoms with Crippen LogP contribution in [0.15, 0.2) is 53.5 Å². The fraction of sp³-hybridized carbons (Fsp3) is 0.419. The zero-order valence-corrected chi connectivity index (χ0v) is 23.6. The van der Waals surface area contributed by atoms with Crippen molar-refractivity contribution in [2.45, 2.75) is 85.8 Å². The molecule has 3 N–H and O–H groups in total. The van der Waals surface area contributed by atoms with Crippen LogP contribution in [0, 0.1) is 0 Å². The van der Waals surface area contributed by atoms with Crippen LogP contribution in [0.5, 0.6) is 11.5 Å². The second-order valence-corrected chi connectivity index (χ2v) is 10.5. The summed E-state index contributed by atoms with van der Waals surface area (Å²) < 4.78 is 7.59. The molecule has 3 aromatic rings. The van der Waals surface area contributed by atoms with Gasteiger partial charge in [-0.3, -0.25) is 4.79 Å². The summed E-state index contributed by atoms with van der Waals surface area (Å²) in [6.45, 7) is 14.8. The van der Waals surface area contributed by atoms with Crippen molar-refractivity contribution >= 4 is 17.4 Å². The van der Waals surface area contributed by atoms with E-state index >= 15 is 0 Å². The number of anilines is 2. The second-order valence-electron chi connectivity index (χ2n) is 10.5. The molecule has 0 bridgehead atoms. The molecule has 3 rings (SSSR count). The van der Waals surface area contributed by atoms with Gasteiger partial charge in [0.05, 0.1) is 6.10 Å². The molecule has 1 heterocycles. The minimum absolute atomic E-state index is 0.0362. The SMILES string of the molecule is CCCCn1ccc(-c2cc(O)ccc2OC(C)C)c(NC(=O)Nc2c(C(C)C)cccc2C(C)C)c1=O. The summed E-state index contributed by atoms with van der Waals surface area (Å²) in [5.74, 6) is 0.949. The van der Waals surface area contributed by atoms with Crippen LogP contribution in [0.3, 0.4) is 0 Å². The Balaban J connectivity index is 2.11. The Labute approximate surface area is 225 Å². The molecule has 2 amide bonds. The van der Waals surface area contributed by atoms with Crippen molar-refractivity contribution < 1.29 is 14.6 Å². The summed E-state index contributed by atoms with van der Waals surface area (Å²) in [5, 5.41) is 16.2. The number of rotatable bonds is 10. The van der Waals surface area contributed by atoms with Gasteiger partial charge in [-0.25, -0.2) is 4.79 Å². The summed E-state index contributed by atoms with van der Waals surface area (Å²) in [6.07, 6.45) is 3.37. The smallest absolute Gasteiger partial charge is 0.323 e. The van der Waals surface area contributed by atoms with Crippen LogP contribution in [-0.2, 0) is 6.54 Å². The van der Waals surface area contributed by atoms with Crippen LogP contribution < -0.4 is 20.9 Å². The number of ether oxygens (including phenoxy) is 1. The molecular formula is C31H41N3O4. The molecule has 7 nitrogen and oxygen atoms in total. The minimum Gasteiger partial charge on any atom is -0.508 e. The lowest BCUT2D eigenvalue weighted by atomic mass is 9.93. The van der Waals surface area contributed by atoms with Crippen molar-refractivity contribution in [2.24, 2.45) is 0 Å². The van der Waals surface area contributed by atoms with E-state index in [4.69, 9.17) is 4.74 Å². The highest BCUT2D eigenvalue weighted by Crippen LogP contribution is 2.37. The first-order chi connectivity index (χ1) is 18.0. The highest BCUT2D eigenvalue weighted by atomic mass is 16.5. The lowest BCUT2D eigenvalue weighted by molar-refractivity contribution is 0.243. The summed E-state index contributed by atoms with van der Waals surface area (Å²) in [7, 11) is 0. The normalized spacial score (nSPS) is 11.3. The molecule has 0 atom stereocenters. The number of phenolic OH excluding ortho intramolecular Hbond substituents is 1. The highest BCUT2D eigenvalue weighted by Gasteiger charge is 2.21. The quantitative estimate of drug-likeness (QED) is 0.256. The number of aromatic nitrogens is 1. The van der Waals surface area contributed by atoms with Gasteiger partial charge in [-0.15, -0.1) is 0 Å². The average Bonchev–Trinajstić information content (AvgIpc) is 2.85. The van der Waals surface area contributed by atoms with Gasteiger partial charge in [-0.2, -0.15) is 0 Å². The number of hydrogen-bond donors (Lipinski definition) is 3. The number of aryl methyl sites for hydroxylation is 1. The standard InChI is InChI=1S/C31H41N3O4/c1-8-9-16-34-17-15-25(26-18-22(35)13-14-27(26)38-21(6)7)29(30(34)36)33-31(37)32-28-23(19(2)3)11-10-12-24(28)20(4)5/h10-15,17-21,35H,8-9,16H2,1-7H3,(H2,32,33,37). The first-order valence-corrected chi connectivity index (χ1v) is 13.5. The number of amides is 2. The van der Waals surface area contributed by atoms with E-state index in [2.05, 4.69) is 45.3 Å². The molecule has 0 saturated carbocycles. The van der Waals surface area contributed by atoms with Gasteiger partial charge in [0.25, 0.3) is 5.56 Å². The lowest BCUT2D eigenvalue weighted by Gasteiger charge is -2.21. The summed E-state index contributed by atoms with van der Waals surface area (Å²) in [5.41, 5.74) is 3.64. The first-order valence-electron chi connectivity index (χ1n) is 13.5. The van der Waals surface area contributed by atoms with E-state index in [0.717, 1.165) is 29.7 Å². The Hall–Kier alpha value is -3.74. The van der Waals surface area contributed by atoms with Crippen LogP contribution in [0.25, 0.3) is 11.1 Å².